The van der Waals surface area contributed by atoms with Crippen molar-refractivity contribution in [2.45, 2.75) is 195 Å². The van der Waals surface area contributed by atoms with Gasteiger partial charge in [-0.25, -0.2) is 37.5 Å². The minimum absolute atomic E-state index is 0.0105. The fraction of sp³-hybridized carbons (Fsp3) is 0.385. The fourth-order valence-electron chi connectivity index (χ4n) is 14.7. The number of carbonyl (C=O) groups is 12. The van der Waals surface area contributed by atoms with Crippen LogP contribution in [0.15, 0.2) is 48.5 Å². The molecular formula is C78H86B6Cl2F2O30. The Bertz CT molecular complexity index is 4690. The van der Waals surface area contributed by atoms with Crippen molar-refractivity contribution in [3.63, 3.8) is 0 Å². The summed E-state index contributed by atoms with van der Waals surface area (Å²) in [6, 6.07) is 12.2. The average molecular weight is 1680 g/mol. The molecule has 0 aliphatic carbocycles. The SMILES string of the molecule is CC(=O)C[C@H]1Cc2c(Cl)c(C)cc(C(=O)O)c2OB1O.CC(=O)C[C@H]1Cc2c(F)c(C)cc(C(=O)O)c2OB1O.CC(=O)C[C@H]1Cc2cc(C)c(Cl)c(C(=O)O)c2OB1O.CC(=O)C[C@H]1Cc2cc(C)cc(C(=O)O)c2OB1O.CC(=O)C[C@H]1Cc2cc(C)cc(C(=O)O)c2OB1O.CC(=O)C[C@H]1Cc2cc(F)c(C)c(C(=O)O)c2OB1O. The van der Waals surface area contributed by atoms with E-state index < -0.39 is 108 Å². The minimum Gasteiger partial charge on any atom is -0.535 e. The van der Waals surface area contributed by atoms with E-state index in [0.717, 1.165) is 22.3 Å². The molecule has 6 atom stereocenters. The third kappa shape index (κ3) is 23.5. The maximum atomic E-state index is 14.1. The second kappa shape index (κ2) is 40.3. The van der Waals surface area contributed by atoms with E-state index in [0.29, 0.717) is 58.5 Å². The van der Waals surface area contributed by atoms with Gasteiger partial charge in [0.05, 0.1) is 10.0 Å². The van der Waals surface area contributed by atoms with Crippen molar-refractivity contribution in [1.29, 1.82) is 0 Å². The standard InChI is InChI=1S/2C13H14BClO5.2C13H14BFO5.2C13H15BO5/c1-6-3-10(13(17)18)12-9(11(6)15)5-8(4-7(2)16)14(19)20-12;1-6-3-8-5-9(4-7(2)16)14(19)20-12(8)10(11(6)15)13(17)18;1-6(16)3-9-4-8-5-10(15)7(2)11(13(17)18)12(8)20-14(9)19;1-6-3-10(13(17)18)12-9(11(6)15)5-8(4-7(2)16)14(19)20-12;2*1-7-3-9-6-10(5-8(2)15)14(18)19-12(9)11(4-7)13(16)17/h3,8,19H,4-5H2,1-2H3,(H,17,18);3,9,19H,4-5H2,1-2H3,(H,17,18);5,9,19H,3-4H2,1-2H3,(H,17,18);3,8,19H,4-5H2,1-2H3,(H,17,18);2*3-4,10,18H,5-6H2,1-2H3,(H,16,17)/t8-;2*9-;8-;2*10-/m000000/s1. The Kier molecular flexibility index (Phi) is 32.4. The molecule has 0 spiro atoms. The first-order chi connectivity index (χ1) is 55.0. The molecule has 0 amide bonds. The Labute approximate surface area is 687 Å². The smallest absolute Gasteiger partial charge is 0.526 e. The molecular weight excluding hydrogens is 1590 g/mol. The van der Waals surface area contributed by atoms with Crippen LogP contribution in [0.1, 0.15) is 209 Å². The van der Waals surface area contributed by atoms with Crippen molar-refractivity contribution in [3.8, 4) is 34.5 Å². The van der Waals surface area contributed by atoms with Crippen molar-refractivity contribution in [2.75, 3.05) is 0 Å². The van der Waals surface area contributed by atoms with E-state index in [2.05, 4.69) is 0 Å². The first kappa shape index (κ1) is 94.7. The number of carboxylic acid groups (broad SMARTS) is 6. The monoisotopic (exact) mass is 1680 g/mol. The summed E-state index contributed by atoms with van der Waals surface area (Å²) in [4.78, 5) is 134. The van der Waals surface area contributed by atoms with E-state index in [1.807, 2.05) is 12.1 Å². The number of hydrogen-bond donors (Lipinski definition) is 12. The van der Waals surface area contributed by atoms with Gasteiger partial charge in [-0.1, -0.05) is 41.4 Å². The number of hydrogen-bond acceptors (Lipinski definition) is 24. The summed E-state index contributed by atoms with van der Waals surface area (Å²) < 4.78 is 59.5. The molecule has 6 aromatic rings. The van der Waals surface area contributed by atoms with Gasteiger partial charge in [0.1, 0.15) is 114 Å². The van der Waals surface area contributed by atoms with Gasteiger partial charge in [0.15, 0.2) is 0 Å². The number of Topliss-reactive ketones (excluding diaryl/α,β-unsaturated/α-hetero) is 6. The molecule has 6 heterocycles. The van der Waals surface area contributed by atoms with Crippen LogP contribution in [0.4, 0.5) is 8.78 Å². The van der Waals surface area contributed by atoms with E-state index in [1.165, 1.54) is 85.7 Å². The number of fused-ring (bicyclic) bond motifs is 6. The second-order valence-electron chi connectivity index (χ2n) is 30.1. The van der Waals surface area contributed by atoms with Gasteiger partial charge >= 0.3 is 78.5 Å². The van der Waals surface area contributed by atoms with Crippen LogP contribution in [0.5, 0.6) is 34.5 Å². The maximum absolute atomic E-state index is 14.1. The number of ketones is 6. The van der Waals surface area contributed by atoms with Gasteiger partial charge in [-0.05, 0) is 202 Å². The molecule has 6 aromatic carbocycles. The number of benzene rings is 6. The van der Waals surface area contributed by atoms with Gasteiger partial charge in [-0.3, -0.25) is 0 Å². The molecule has 0 saturated heterocycles. The van der Waals surface area contributed by atoms with E-state index in [4.69, 9.17) is 71.6 Å². The zero-order valence-corrected chi connectivity index (χ0v) is 67.8. The Morgan fingerprint density at radius 1 is 0.331 bits per heavy atom. The predicted octanol–water partition coefficient (Wildman–Crippen LogP) is 10.3. The molecule has 0 unspecified atom stereocenters. The molecule has 0 radical (unpaired) electrons. The third-order valence-corrected chi connectivity index (χ3v) is 21.0. The molecule has 12 N–H and O–H groups in total. The zero-order valence-electron chi connectivity index (χ0n) is 66.3. The van der Waals surface area contributed by atoms with Crippen LogP contribution in [0.3, 0.4) is 0 Å². The summed E-state index contributed by atoms with van der Waals surface area (Å²) in [5.41, 5.74) is 5.67. The van der Waals surface area contributed by atoms with E-state index in [9.17, 15) is 107 Å². The summed E-state index contributed by atoms with van der Waals surface area (Å²) in [5, 5.41) is 115. The summed E-state index contributed by atoms with van der Waals surface area (Å²) >= 11 is 12.2. The van der Waals surface area contributed by atoms with Gasteiger partial charge in [-0.2, -0.15) is 0 Å². The Morgan fingerprint density at radius 2 is 0.593 bits per heavy atom. The fourth-order valence-corrected chi connectivity index (χ4v) is 15.1. The molecule has 118 heavy (non-hydrogen) atoms. The van der Waals surface area contributed by atoms with Crippen molar-refractivity contribution in [1.82, 2.24) is 0 Å². The average Bonchev–Trinajstić information content (AvgIpc) is 0.811. The van der Waals surface area contributed by atoms with Crippen molar-refractivity contribution < 1.29 is 155 Å². The van der Waals surface area contributed by atoms with Gasteiger partial charge in [-0.15, -0.1) is 0 Å². The summed E-state index contributed by atoms with van der Waals surface area (Å²) in [5.74, 6) is -10.7. The summed E-state index contributed by atoms with van der Waals surface area (Å²) in [7, 11) is -7.28. The Morgan fingerprint density at radius 3 is 0.924 bits per heavy atom. The van der Waals surface area contributed by atoms with Crippen molar-refractivity contribution in [3.05, 3.63) is 170 Å². The van der Waals surface area contributed by atoms with Crippen LogP contribution in [-0.4, -0.2) is 174 Å². The Balaban J connectivity index is 0.000000195. The number of carboxylic acids is 6. The molecule has 40 heteroatoms. The number of rotatable bonds is 18. The first-order valence-corrected chi connectivity index (χ1v) is 37.8. The predicted molar refractivity (Wildman–Crippen MR) is 427 cm³/mol. The quantitative estimate of drug-likeness (QED) is 0.0356. The molecule has 0 saturated carbocycles. The highest BCUT2D eigenvalue weighted by Crippen LogP contribution is 2.46. The lowest BCUT2D eigenvalue weighted by molar-refractivity contribution is -0.118. The number of carbonyl (C=O) groups excluding carboxylic acids is 6. The lowest BCUT2D eigenvalue weighted by atomic mass is 9.64. The lowest BCUT2D eigenvalue weighted by Gasteiger charge is -2.29. The topological polar surface area (TPSA) is 503 Å². The van der Waals surface area contributed by atoms with Crippen LogP contribution in [0.25, 0.3) is 0 Å². The maximum Gasteiger partial charge on any atom is 0.526 e. The molecule has 0 fully saturated rings. The normalized spacial score (nSPS) is 17.5. The molecule has 6 aliphatic rings. The molecule has 0 bridgehead atoms. The third-order valence-electron chi connectivity index (χ3n) is 20.0. The van der Waals surface area contributed by atoms with Crippen LogP contribution in [0, 0.1) is 53.2 Å². The van der Waals surface area contributed by atoms with Crippen LogP contribution in [0.2, 0.25) is 44.9 Å². The lowest BCUT2D eigenvalue weighted by Crippen LogP contribution is -2.36. The molecule has 6 aliphatic heterocycles. The molecule has 12 rings (SSSR count). The first-order valence-electron chi connectivity index (χ1n) is 37.0. The highest BCUT2D eigenvalue weighted by molar-refractivity contribution is 6.49. The minimum atomic E-state index is -1.31. The van der Waals surface area contributed by atoms with Crippen molar-refractivity contribution in [2.24, 2.45) is 0 Å². The number of halogens is 4. The van der Waals surface area contributed by atoms with E-state index in [1.54, 1.807) is 33.8 Å². The molecule has 30 nitrogen and oxygen atoms in total. The Hall–Kier alpha value is -10.5. The highest BCUT2D eigenvalue weighted by atomic mass is 35.5. The zero-order chi connectivity index (χ0) is 88.4. The molecule has 0 aromatic heterocycles. The van der Waals surface area contributed by atoms with Gasteiger partial charge in [0.2, 0.25) is 0 Å². The highest BCUT2D eigenvalue weighted by Gasteiger charge is 2.45. The second-order valence-corrected chi connectivity index (χ2v) is 30.9. The van der Waals surface area contributed by atoms with Crippen molar-refractivity contribution >= 4 is 136 Å². The van der Waals surface area contributed by atoms with Gasteiger partial charge in [0, 0.05) is 90.1 Å². The summed E-state index contributed by atoms with van der Waals surface area (Å²) in [6.07, 6.45) is 2.79. The van der Waals surface area contributed by atoms with Crippen LogP contribution < -0.4 is 27.9 Å². The largest absolute Gasteiger partial charge is 0.535 e. The van der Waals surface area contributed by atoms with E-state index >= 15 is 0 Å². The molecule has 624 valence electrons. The number of aryl methyl sites for hydroxylation is 5. The van der Waals surface area contributed by atoms with Crippen LogP contribution >= 0.6 is 23.2 Å². The number of aromatic carboxylic acids is 6. The summed E-state index contributed by atoms with van der Waals surface area (Å²) in [6.45, 7) is 18.4. The van der Waals surface area contributed by atoms with Gasteiger partial charge in [0.25, 0.3) is 0 Å². The van der Waals surface area contributed by atoms with Crippen LogP contribution in [-0.2, 0) is 67.3 Å². The van der Waals surface area contributed by atoms with Gasteiger partial charge < -0.3 is 117 Å². The van der Waals surface area contributed by atoms with E-state index in [-0.39, 0.29) is 193 Å².